The molecule has 2 aromatic rings. The third kappa shape index (κ3) is 1.71. The van der Waals surface area contributed by atoms with E-state index in [1.165, 1.54) is 6.20 Å². The molecule has 0 fully saturated rings. The molecular weight excluding hydrogens is 214 g/mol. The first kappa shape index (κ1) is 9.73. The number of nitrogen functional groups attached to an aromatic ring is 1. The Kier molecular flexibility index (Phi) is 2.43. The lowest BCUT2D eigenvalue weighted by Crippen LogP contribution is -2.04. The van der Waals surface area contributed by atoms with Crippen LogP contribution >= 0.6 is 11.6 Å². The SMILES string of the molecule is Nc1[nH]ncc1C(=O)c1ccccc1Cl. The number of hydrogen-bond donors (Lipinski definition) is 2. The van der Waals surface area contributed by atoms with Crippen molar-refractivity contribution in [1.82, 2.24) is 10.2 Å². The molecular formula is C10H8ClN3O. The summed E-state index contributed by atoms with van der Waals surface area (Å²) in [6.07, 6.45) is 1.39. The average molecular weight is 222 g/mol. The molecule has 0 atom stereocenters. The number of halogens is 1. The standard InChI is InChI=1S/C10H8ClN3O/c11-8-4-2-1-3-6(8)9(15)7-5-13-14-10(7)12/h1-5H,(H3,12,13,14). The van der Waals surface area contributed by atoms with Gasteiger partial charge in [0.25, 0.3) is 0 Å². The second-order valence-electron chi connectivity index (χ2n) is 3.01. The van der Waals surface area contributed by atoms with Crippen LogP contribution in [0.4, 0.5) is 5.82 Å². The molecule has 5 heteroatoms. The molecule has 1 aromatic heterocycles. The van der Waals surface area contributed by atoms with Crippen LogP contribution in [0.25, 0.3) is 0 Å². The van der Waals surface area contributed by atoms with Crippen LogP contribution in [-0.4, -0.2) is 16.0 Å². The third-order valence-corrected chi connectivity index (χ3v) is 2.36. The van der Waals surface area contributed by atoms with Crippen molar-refractivity contribution in [3.63, 3.8) is 0 Å². The number of nitrogens with zero attached hydrogens (tertiary/aromatic N) is 1. The fourth-order valence-corrected chi connectivity index (χ4v) is 1.49. The van der Waals surface area contributed by atoms with Gasteiger partial charge < -0.3 is 5.73 Å². The Bertz CT molecular complexity index is 507. The second-order valence-corrected chi connectivity index (χ2v) is 3.41. The van der Waals surface area contributed by atoms with E-state index in [1.807, 2.05) is 0 Å². The number of H-pyrrole nitrogens is 1. The molecule has 0 aliphatic heterocycles. The molecule has 1 heterocycles. The lowest BCUT2D eigenvalue weighted by atomic mass is 10.1. The molecule has 0 aliphatic carbocycles. The fourth-order valence-electron chi connectivity index (χ4n) is 1.27. The van der Waals surface area contributed by atoms with Crippen molar-refractivity contribution in [2.45, 2.75) is 0 Å². The van der Waals surface area contributed by atoms with E-state index in [9.17, 15) is 4.79 Å². The van der Waals surface area contributed by atoms with E-state index in [0.29, 0.717) is 16.1 Å². The summed E-state index contributed by atoms with van der Waals surface area (Å²) in [5.74, 6) is 0.0202. The van der Waals surface area contributed by atoms with Gasteiger partial charge in [0, 0.05) is 5.56 Å². The molecule has 3 N–H and O–H groups in total. The largest absolute Gasteiger partial charge is 0.383 e. The molecule has 1 aromatic carbocycles. The van der Waals surface area contributed by atoms with Gasteiger partial charge in [0.05, 0.1) is 16.8 Å². The molecule has 0 saturated carbocycles. The number of ketones is 1. The van der Waals surface area contributed by atoms with Crippen LogP contribution in [0.3, 0.4) is 0 Å². The van der Waals surface area contributed by atoms with Crippen molar-refractivity contribution in [1.29, 1.82) is 0 Å². The zero-order chi connectivity index (χ0) is 10.8. The zero-order valence-electron chi connectivity index (χ0n) is 7.70. The van der Waals surface area contributed by atoms with E-state index >= 15 is 0 Å². The summed E-state index contributed by atoms with van der Waals surface area (Å²) in [5.41, 5.74) is 6.31. The monoisotopic (exact) mass is 221 g/mol. The molecule has 4 nitrogen and oxygen atoms in total. The molecule has 15 heavy (non-hydrogen) atoms. The summed E-state index contributed by atoms with van der Waals surface area (Å²) >= 11 is 5.90. The van der Waals surface area contributed by atoms with Crippen molar-refractivity contribution in [2.24, 2.45) is 0 Å². The molecule has 0 saturated heterocycles. The fraction of sp³-hybridized carbons (Fsp3) is 0. The average Bonchev–Trinajstić information content (AvgIpc) is 2.64. The minimum atomic E-state index is -0.230. The molecule has 0 amide bonds. The van der Waals surface area contributed by atoms with Gasteiger partial charge >= 0.3 is 0 Å². The highest BCUT2D eigenvalue weighted by molar-refractivity contribution is 6.35. The van der Waals surface area contributed by atoms with E-state index in [1.54, 1.807) is 24.3 Å². The van der Waals surface area contributed by atoms with Gasteiger partial charge in [0.15, 0.2) is 5.78 Å². The van der Waals surface area contributed by atoms with Gasteiger partial charge in [0.2, 0.25) is 0 Å². The first-order valence-corrected chi connectivity index (χ1v) is 4.66. The van der Waals surface area contributed by atoms with E-state index in [4.69, 9.17) is 17.3 Å². The number of nitrogens with two attached hydrogens (primary N) is 1. The van der Waals surface area contributed by atoms with Gasteiger partial charge in [-0.1, -0.05) is 23.7 Å². The minimum absolute atomic E-state index is 0.230. The molecule has 0 bridgehead atoms. The zero-order valence-corrected chi connectivity index (χ0v) is 8.45. The normalized spacial score (nSPS) is 10.2. The highest BCUT2D eigenvalue weighted by atomic mass is 35.5. The number of benzene rings is 1. The number of anilines is 1. The topological polar surface area (TPSA) is 71.8 Å². The highest BCUT2D eigenvalue weighted by Gasteiger charge is 2.16. The maximum absolute atomic E-state index is 11.9. The summed E-state index contributed by atoms with van der Waals surface area (Å²) in [4.78, 5) is 11.9. The quantitative estimate of drug-likeness (QED) is 0.761. The predicted octanol–water partition coefficient (Wildman–Crippen LogP) is 1.88. The first-order valence-electron chi connectivity index (χ1n) is 4.28. The number of rotatable bonds is 2. The Hall–Kier alpha value is -1.81. The summed E-state index contributed by atoms with van der Waals surface area (Å²) in [5, 5.41) is 6.59. The number of aromatic amines is 1. The van der Waals surface area contributed by atoms with Crippen LogP contribution in [0, 0.1) is 0 Å². The Morgan fingerprint density at radius 1 is 1.33 bits per heavy atom. The van der Waals surface area contributed by atoms with E-state index in [0.717, 1.165) is 0 Å². The molecule has 76 valence electrons. The number of carbonyl (C=O) groups is 1. The van der Waals surface area contributed by atoms with Gasteiger partial charge in [-0.15, -0.1) is 0 Å². The Labute approximate surface area is 91.1 Å². The summed E-state index contributed by atoms with van der Waals surface area (Å²) in [6.45, 7) is 0. The maximum atomic E-state index is 11.9. The van der Waals surface area contributed by atoms with E-state index < -0.39 is 0 Å². The van der Waals surface area contributed by atoms with Crippen LogP contribution in [0.5, 0.6) is 0 Å². The molecule has 0 unspecified atom stereocenters. The van der Waals surface area contributed by atoms with Crippen molar-refractivity contribution < 1.29 is 4.79 Å². The number of carbonyl (C=O) groups excluding carboxylic acids is 1. The summed E-state index contributed by atoms with van der Waals surface area (Å²) < 4.78 is 0. The number of hydrogen-bond acceptors (Lipinski definition) is 3. The van der Waals surface area contributed by atoms with E-state index in [-0.39, 0.29) is 11.6 Å². The van der Waals surface area contributed by atoms with Crippen LogP contribution in [-0.2, 0) is 0 Å². The number of aromatic nitrogens is 2. The molecule has 0 spiro atoms. The minimum Gasteiger partial charge on any atom is -0.383 e. The van der Waals surface area contributed by atoms with Gasteiger partial charge in [-0.3, -0.25) is 9.89 Å². The molecule has 2 rings (SSSR count). The van der Waals surface area contributed by atoms with Crippen molar-refractivity contribution in [3.05, 3.63) is 46.6 Å². The van der Waals surface area contributed by atoms with E-state index in [2.05, 4.69) is 10.2 Å². The second kappa shape index (κ2) is 3.74. The first-order chi connectivity index (χ1) is 7.20. The van der Waals surface area contributed by atoms with Crippen LogP contribution in [0.15, 0.2) is 30.5 Å². The molecule has 0 radical (unpaired) electrons. The van der Waals surface area contributed by atoms with Crippen molar-refractivity contribution >= 4 is 23.2 Å². The number of nitrogens with one attached hydrogen (secondary N) is 1. The van der Waals surface area contributed by atoms with Gasteiger partial charge in [-0.05, 0) is 12.1 Å². The smallest absolute Gasteiger partial charge is 0.199 e. The van der Waals surface area contributed by atoms with Crippen LogP contribution < -0.4 is 5.73 Å². The third-order valence-electron chi connectivity index (χ3n) is 2.03. The summed E-state index contributed by atoms with van der Waals surface area (Å²) in [6, 6.07) is 6.81. The lowest BCUT2D eigenvalue weighted by molar-refractivity contribution is 0.104. The van der Waals surface area contributed by atoms with Gasteiger partial charge in [0.1, 0.15) is 5.82 Å². The molecule has 0 aliphatic rings. The lowest BCUT2D eigenvalue weighted by Gasteiger charge is -2.01. The Morgan fingerprint density at radius 3 is 2.67 bits per heavy atom. The van der Waals surface area contributed by atoms with Crippen molar-refractivity contribution in [2.75, 3.05) is 5.73 Å². The Morgan fingerprint density at radius 2 is 2.07 bits per heavy atom. The van der Waals surface area contributed by atoms with Crippen molar-refractivity contribution in [3.8, 4) is 0 Å². The van der Waals surface area contributed by atoms with Gasteiger partial charge in [-0.25, -0.2) is 0 Å². The highest BCUT2D eigenvalue weighted by Crippen LogP contribution is 2.20. The summed E-state index contributed by atoms with van der Waals surface area (Å²) in [7, 11) is 0. The van der Waals surface area contributed by atoms with Gasteiger partial charge in [-0.2, -0.15) is 5.10 Å². The van der Waals surface area contributed by atoms with Crippen LogP contribution in [0.2, 0.25) is 5.02 Å². The maximum Gasteiger partial charge on any atom is 0.199 e. The predicted molar refractivity (Wildman–Crippen MR) is 57.9 cm³/mol. The van der Waals surface area contributed by atoms with Crippen LogP contribution in [0.1, 0.15) is 15.9 Å². The Balaban J connectivity index is 2.46.